The molecule has 0 heterocycles. The topological polar surface area (TPSA) is 26.0 Å². The SMILES string of the molecule is Cl.NC1CC(CC(F)(F)F)C1. The molecule has 1 saturated carbocycles. The summed E-state index contributed by atoms with van der Waals surface area (Å²) in [6.07, 6.45) is -3.56. The first-order chi connectivity index (χ1) is 4.47. The van der Waals surface area contributed by atoms with Crippen molar-refractivity contribution < 1.29 is 13.2 Å². The predicted molar refractivity (Wildman–Crippen MR) is 38.6 cm³/mol. The molecule has 11 heavy (non-hydrogen) atoms. The van der Waals surface area contributed by atoms with Gasteiger partial charge < -0.3 is 5.73 Å². The van der Waals surface area contributed by atoms with Gasteiger partial charge in [-0.25, -0.2) is 0 Å². The fourth-order valence-corrected chi connectivity index (χ4v) is 1.28. The third-order valence-corrected chi connectivity index (χ3v) is 1.79. The van der Waals surface area contributed by atoms with Crippen LogP contribution in [-0.4, -0.2) is 12.2 Å². The van der Waals surface area contributed by atoms with E-state index >= 15 is 0 Å². The van der Waals surface area contributed by atoms with Crippen molar-refractivity contribution in [1.82, 2.24) is 0 Å². The van der Waals surface area contributed by atoms with E-state index in [9.17, 15) is 13.2 Å². The summed E-state index contributed by atoms with van der Waals surface area (Å²) in [7, 11) is 0. The first-order valence-electron chi connectivity index (χ1n) is 3.30. The molecule has 68 valence electrons. The third kappa shape index (κ3) is 3.82. The van der Waals surface area contributed by atoms with E-state index in [1.54, 1.807) is 0 Å². The highest BCUT2D eigenvalue weighted by Crippen LogP contribution is 2.35. The van der Waals surface area contributed by atoms with Crippen LogP contribution >= 0.6 is 12.4 Å². The standard InChI is InChI=1S/C6H10F3N.ClH/c7-6(8,9)3-4-1-5(10)2-4;/h4-5H,1-3,10H2;1H. The Morgan fingerprint density at radius 2 is 1.73 bits per heavy atom. The number of hydrogen-bond acceptors (Lipinski definition) is 1. The highest BCUT2D eigenvalue weighted by atomic mass is 35.5. The molecule has 1 rings (SSSR count). The van der Waals surface area contributed by atoms with E-state index in [1.807, 2.05) is 0 Å². The van der Waals surface area contributed by atoms with Crippen molar-refractivity contribution in [2.24, 2.45) is 11.7 Å². The van der Waals surface area contributed by atoms with Crippen molar-refractivity contribution in [2.45, 2.75) is 31.5 Å². The molecule has 1 aliphatic rings. The van der Waals surface area contributed by atoms with Crippen LogP contribution in [0.1, 0.15) is 19.3 Å². The van der Waals surface area contributed by atoms with Gasteiger partial charge in [0.2, 0.25) is 0 Å². The maximum absolute atomic E-state index is 11.6. The number of alkyl halides is 3. The Balaban J connectivity index is 0.000001000. The van der Waals surface area contributed by atoms with Crippen LogP contribution in [0.2, 0.25) is 0 Å². The molecule has 5 heteroatoms. The Hall–Kier alpha value is 0.0400. The lowest BCUT2D eigenvalue weighted by molar-refractivity contribution is -0.150. The van der Waals surface area contributed by atoms with Crippen molar-refractivity contribution in [1.29, 1.82) is 0 Å². The lowest BCUT2D eigenvalue weighted by Gasteiger charge is -2.32. The molecule has 2 N–H and O–H groups in total. The van der Waals surface area contributed by atoms with Gasteiger partial charge in [0.1, 0.15) is 0 Å². The fraction of sp³-hybridized carbons (Fsp3) is 1.00. The molecule has 0 aromatic carbocycles. The van der Waals surface area contributed by atoms with Crippen molar-refractivity contribution in [2.75, 3.05) is 0 Å². The molecule has 0 aliphatic heterocycles. The molecule has 0 aromatic heterocycles. The number of nitrogens with two attached hydrogens (primary N) is 1. The van der Waals surface area contributed by atoms with Gasteiger partial charge in [-0.05, 0) is 18.8 Å². The quantitative estimate of drug-likeness (QED) is 0.672. The smallest absolute Gasteiger partial charge is 0.328 e. The first-order valence-corrected chi connectivity index (χ1v) is 3.30. The first kappa shape index (κ1) is 11.0. The van der Waals surface area contributed by atoms with E-state index in [2.05, 4.69) is 0 Å². The van der Waals surface area contributed by atoms with Gasteiger partial charge in [-0.3, -0.25) is 0 Å². The van der Waals surface area contributed by atoms with Gasteiger partial charge in [0.25, 0.3) is 0 Å². The monoisotopic (exact) mass is 189 g/mol. The number of halogens is 4. The minimum absolute atomic E-state index is 0. The molecule has 0 saturated heterocycles. The third-order valence-electron chi connectivity index (χ3n) is 1.79. The van der Waals surface area contributed by atoms with Gasteiger partial charge in [-0.15, -0.1) is 12.4 Å². The number of rotatable bonds is 1. The highest BCUT2D eigenvalue weighted by Gasteiger charge is 2.37. The molecule has 1 nitrogen and oxygen atoms in total. The maximum atomic E-state index is 11.6. The largest absolute Gasteiger partial charge is 0.389 e. The van der Waals surface area contributed by atoms with Gasteiger partial charge in [0.15, 0.2) is 0 Å². The van der Waals surface area contributed by atoms with Crippen LogP contribution in [-0.2, 0) is 0 Å². The summed E-state index contributed by atoms with van der Waals surface area (Å²) in [4.78, 5) is 0. The summed E-state index contributed by atoms with van der Waals surface area (Å²) in [6.45, 7) is 0. The average molecular weight is 190 g/mol. The molecule has 0 amide bonds. The molecule has 0 atom stereocenters. The van der Waals surface area contributed by atoms with E-state index in [0.29, 0.717) is 12.8 Å². The highest BCUT2D eigenvalue weighted by molar-refractivity contribution is 5.85. The van der Waals surface area contributed by atoms with Crippen LogP contribution in [0.3, 0.4) is 0 Å². The molecule has 0 radical (unpaired) electrons. The molecule has 1 fully saturated rings. The van der Waals surface area contributed by atoms with Gasteiger partial charge in [0.05, 0.1) is 0 Å². The van der Waals surface area contributed by atoms with E-state index in [0.717, 1.165) is 0 Å². The average Bonchev–Trinajstić information content (AvgIpc) is 1.57. The van der Waals surface area contributed by atoms with Crippen molar-refractivity contribution in [3.05, 3.63) is 0 Å². The fourth-order valence-electron chi connectivity index (χ4n) is 1.28. The predicted octanol–water partition coefficient (Wildman–Crippen LogP) is 2.10. The van der Waals surface area contributed by atoms with Crippen LogP contribution in [0.15, 0.2) is 0 Å². The van der Waals surface area contributed by atoms with Gasteiger partial charge in [0, 0.05) is 12.5 Å². The van der Waals surface area contributed by atoms with Crippen LogP contribution in [0.4, 0.5) is 13.2 Å². The van der Waals surface area contributed by atoms with E-state index in [1.165, 1.54) is 0 Å². The summed E-state index contributed by atoms with van der Waals surface area (Å²) in [5, 5.41) is 0. The summed E-state index contributed by atoms with van der Waals surface area (Å²) in [6, 6.07) is 0.0207. The lowest BCUT2D eigenvalue weighted by Crippen LogP contribution is -2.38. The Kier molecular flexibility index (Phi) is 3.64. The second-order valence-corrected chi connectivity index (χ2v) is 2.92. The van der Waals surface area contributed by atoms with Crippen LogP contribution in [0, 0.1) is 5.92 Å². The van der Waals surface area contributed by atoms with Gasteiger partial charge in [-0.2, -0.15) is 13.2 Å². The van der Waals surface area contributed by atoms with Gasteiger partial charge >= 0.3 is 6.18 Å². The Morgan fingerprint density at radius 1 is 1.27 bits per heavy atom. The summed E-state index contributed by atoms with van der Waals surface area (Å²) >= 11 is 0. The van der Waals surface area contributed by atoms with E-state index in [-0.39, 0.29) is 24.4 Å². The molecule has 0 aromatic rings. The van der Waals surface area contributed by atoms with Crippen molar-refractivity contribution in [3.8, 4) is 0 Å². The van der Waals surface area contributed by atoms with Crippen molar-refractivity contribution >= 4 is 12.4 Å². The van der Waals surface area contributed by atoms with Crippen LogP contribution in [0.5, 0.6) is 0 Å². The molecule has 0 spiro atoms. The zero-order chi connectivity index (χ0) is 7.78. The molecule has 0 unspecified atom stereocenters. The minimum Gasteiger partial charge on any atom is -0.328 e. The van der Waals surface area contributed by atoms with Crippen molar-refractivity contribution in [3.63, 3.8) is 0 Å². The maximum Gasteiger partial charge on any atom is 0.389 e. The summed E-state index contributed by atoms with van der Waals surface area (Å²) in [5.41, 5.74) is 5.32. The Bertz CT molecular complexity index is 119. The zero-order valence-corrected chi connectivity index (χ0v) is 6.71. The molecular formula is C6H11ClF3N. The molecular weight excluding hydrogens is 179 g/mol. The number of hydrogen-bond donors (Lipinski definition) is 1. The van der Waals surface area contributed by atoms with E-state index < -0.39 is 12.6 Å². The summed E-state index contributed by atoms with van der Waals surface area (Å²) < 4.78 is 34.8. The van der Waals surface area contributed by atoms with E-state index in [4.69, 9.17) is 5.73 Å². The second kappa shape index (κ2) is 3.63. The normalized spacial score (nSPS) is 30.5. The zero-order valence-electron chi connectivity index (χ0n) is 5.90. The van der Waals surface area contributed by atoms with Crippen LogP contribution in [0.25, 0.3) is 0 Å². The Morgan fingerprint density at radius 3 is 2.00 bits per heavy atom. The molecule has 1 aliphatic carbocycles. The second-order valence-electron chi connectivity index (χ2n) is 2.92. The van der Waals surface area contributed by atoms with Crippen LogP contribution < -0.4 is 5.73 Å². The van der Waals surface area contributed by atoms with Gasteiger partial charge in [-0.1, -0.05) is 0 Å². The minimum atomic E-state index is -4.00. The Labute approximate surface area is 69.5 Å². The molecule has 0 bridgehead atoms. The lowest BCUT2D eigenvalue weighted by atomic mass is 9.79. The summed E-state index contributed by atoms with van der Waals surface area (Å²) in [5.74, 6) is -0.199.